The molecule has 0 radical (unpaired) electrons. The third kappa shape index (κ3) is 14.0. The molecule has 23 heavy (non-hydrogen) atoms. The molecule has 1 atom stereocenters. The van der Waals surface area contributed by atoms with Gasteiger partial charge in [0.1, 0.15) is 17.2 Å². The van der Waals surface area contributed by atoms with E-state index in [2.05, 4.69) is 10.6 Å². The van der Waals surface area contributed by atoms with Crippen LogP contribution in [0.25, 0.3) is 0 Å². The summed E-state index contributed by atoms with van der Waals surface area (Å²) in [5.74, 6) is -0.383. The molecule has 0 spiro atoms. The molecule has 0 saturated heterocycles. The molecular formula is C16H33N3O4. The summed E-state index contributed by atoms with van der Waals surface area (Å²) in [5.41, 5.74) is 4.77. The van der Waals surface area contributed by atoms with Crippen molar-refractivity contribution in [3.63, 3.8) is 0 Å². The molecule has 0 fully saturated rings. The van der Waals surface area contributed by atoms with Crippen LogP contribution in [0.3, 0.4) is 0 Å². The Morgan fingerprint density at radius 3 is 2.04 bits per heavy atom. The maximum Gasteiger partial charge on any atom is 0.407 e. The van der Waals surface area contributed by atoms with Crippen molar-refractivity contribution in [2.75, 3.05) is 19.6 Å². The fraction of sp³-hybridized carbons (Fsp3) is 0.875. The minimum atomic E-state index is -0.624. The first kappa shape index (κ1) is 21.7. The number of nitrogens with two attached hydrogens (primary N) is 1. The van der Waals surface area contributed by atoms with Crippen LogP contribution in [0.2, 0.25) is 0 Å². The highest BCUT2D eigenvalue weighted by atomic mass is 16.6. The molecule has 7 heteroatoms. The molecule has 0 aliphatic rings. The van der Waals surface area contributed by atoms with Gasteiger partial charge in [-0.3, -0.25) is 4.79 Å². The molecule has 0 bridgehead atoms. The first-order valence-electron chi connectivity index (χ1n) is 8.07. The van der Waals surface area contributed by atoms with Gasteiger partial charge < -0.3 is 25.8 Å². The lowest BCUT2D eigenvalue weighted by molar-refractivity contribution is -0.156. The van der Waals surface area contributed by atoms with Gasteiger partial charge in [-0.25, -0.2) is 4.79 Å². The van der Waals surface area contributed by atoms with Crippen molar-refractivity contribution in [1.82, 2.24) is 10.6 Å². The van der Waals surface area contributed by atoms with Crippen LogP contribution in [0.4, 0.5) is 4.79 Å². The molecule has 0 aliphatic carbocycles. The summed E-state index contributed by atoms with van der Waals surface area (Å²) in [5, 5.41) is 5.86. The van der Waals surface area contributed by atoms with Crippen molar-refractivity contribution >= 4 is 12.1 Å². The lowest BCUT2D eigenvalue weighted by Gasteiger charge is -2.22. The second-order valence-corrected chi connectivity index (χ2v) is 7.46. The zero-order valence-electron chi connectivity index (χ0n) is 15.3. The molecule has 1 amide bonds. The van der Waals surface area contributed by atoms with Gasteiger partial charge in [-0.15, -0.1) is 0 Å². The van der Waals surface area contributed by atoms with E-state index in [0.717, 1.165) is 13.0 Å². The molecule has 0 aromatic heterocycles. The minimum Gasteiger partial charge on any atom is -0.459 e. The number of nitrogens with one attached hydrogen (secondary N) is 2. The summed E-state index contributed by atoms with van der Waals surface area (Å²) in [6.45, 7) is 12.8. The Balaban J connectivity index is 3.63. The maximum atomic E-state index is 11.7. The van der Waals surface area contributed by atoms with Crippen LogP contribution >= 0.6 is 0 Å². The first-order valence-corrected chi connectivity index (χ1v) is 8.07. The number of hydrogen-bond donors (Lipinski definition) is 3. The minimum absolute atomic E-state index is 0.383. The molecule has 0 saturated carbocycles. The predicted molar refractivity (Wildman–Crippen MR) is 90.2 cm³/mol. The van der Waals surface area contributed by atoms with Gasteiger partial charge in [-0.1, -0.05) is 0 Å². The lowest BCUT2D eigenvalue weighted by Crippen LogP contribution is -2.39. The average molecular weight is 331 g/mol. The summed E-state index contributed by atoms with van der Waals surface area (Å²) in [7, 11) is 0. The standard InChI is InChI=1S/C16H33N3O4/c1-15(2,3)22-13(20)12(17)8-11-18-9-7-10-19-14(21)23-16(4,5)6/h12,18H,7-11,17H2,1-6H3,(H,19,21). The van der Waals surface area contributed by atoms with Crippen LogP contribution in [0.15, 0.2) is 0 Å². The smallest absolute Gasteiger partial charge is 0.407 e. The molecule has 4 N–H and O–H groups in total. The number of amides is 1. The third-order valence-corrected chi connectivity index (χ3v) is 2.54. The van der Waals surface area contributed by atoms with E-state index in [0.29, 0.717) is 19.5 Å². The molecule has 136 valence electrons. The zero-order valence-corrected chi connectivity index (χ0v) is 15.3. The van der Waals surface area contributed by atoms with Gasteiger partial charge in [0, 0.05) is 6.54 Å². The summed E-state index contributed by atoms with van der Waals surface area (Å²) in [6.07, 6.45) is 0.861. The van der Waals surface area contributed by atoms with Gasteiger partial charge in [0.15, 0.2) is 0 Å². The summed E-state index contributed by atoms with van der Waals surface area (Å²) in [4.78, 5) is 23.1. The maximum absolute atomic E-state index is 11.7. The first-order chi connectivity index (χ1) is 10.4. The highest BCUT2D eigenvalue weighted by molar-refractivity contribution is 5.75. The monoisotopic (exact) mass is 331 g/mol. The second-order valence-electron chi connectivity index (χ2n) is 7.46. The van der Waals surface area contributed by atoms with Gasteiger partial charge >= 0.3 is 12.1 Å². The Kier molecular flexibility index (Phi) is 9.16. The van der Waals surface area contributed by atoms with Crippen molar-refractivity contribution < 1.29 is 19.1 Å². The molecule has 0 aromatic carbocycles. The van der Waals surface area contributed by atoms with Crippen LogP contribution in [-0.4, -0.2) is 48.9 Å². The van der Waals surface area contributed by atoms with E-state index in [-0.39, 0.29) is 5.97 Å². The molecule has 0 rings (SSSR count). The molecule has 7 nitrogen and oxygen atoms in total. The highest BCUT2D eigenvalue weighted by Gasteiger charge is 2.21. The Hall–Kier alpha value is -1.34. The van der Waals surface area contributed by atoms with E-state index in [1.807, 2.05) is 41.5 Å². The summed E-state index contributed by atoms with van der Waals surface area (Å²) in [6, 6.07) is -0.624. The quantitative estimate of drug-likeness (QED) is 0.461. The summed E-state index contributed by atoms with van der Waals surface area (Å²) < 4.78 is 10.3. The Morgan fingerprint density at radius 1 is 0.957 bits per heavy atom. The van der Waals surface area contributed by atoms with E-state index in [4.69, 9.17) is 15.2 Å². The van der Waals surface area contributed by atoms with E-state index < -0.39 is 23.3 Å². The van der Waals surface area contributed by atoms with E-state index in [1.165, 1.54) is 0 Å². The van der Waals surface area contributed by atoms with Crippen LogP contribution in [-0.2, 0) is 14.3 Å². The number of esters is 1. The molecule has 0 heterocycles. The number of rotatable bonds is 8. The Bertz CT molecular complexity index is 373. The van der Waals surface area contributed by atoms with E-state index in [9.17, 15) is 9.59 Å². The molecule has 1 unspecified atom stereocenters. The van der Waals surface area contributed by atoms with Gasteiger partial charge in [-0.05, 0) is 67.5 Å². The number of hydrogen-bond acceptors (Lipinski definition) is 6. The fourth-order valence-electron chi connectivity index (χ4n) is 1.60. The normalized spacial score (nSPS) is 13.3. The van der Waals surface area contributed by atoms with Crippen molar-refractivity contribution in [3.8, 4) is 0 Å². The zero-order chi connectivity index (χ0) is 18.1. The van der Waals surface area contributed by atoms with Crippen LogP contribution in [0.1, 0.15) is 54.4 Å². The van der Waals surface area contributed by atoms with Crippen molar-refractivity contribution in [1.29, 1.82) is 0 Å². The predicted octanol–water partition coefficient (Wildman–Crippen LogP) is 1.55. The average Bonchev–Trinajstić information content (AvgIpc) is 2.33. The number of carbonyl (C=O) groups is 2. The number of alkyl carbamates (subject to hydrolysis) is 1. The third-order valence-electron chi connectivity index (χ3n) is 2.54. The summed E-state index contributed by atoms with van der Waals surface area (Å²) >= 11 is 0. The highest BCUT2D eigenvalue weighted by Crippen LogP contribution is 2.08. The second kappa shape index (κ2) is 9.72. The van der Waals surface area contributed by atoms with Gasteiger partial charge in [-0.2, -0.15) is 0 Å². The van der Waals surface area contributed by atoms with Crippen LogP contribution in [0.5, 0.6) is 0 Å². The largest absolute Gasteiger partial charge is 0.459 e. The van der Waals surface area contributed by atoms with E-state index in [1.54, 1.807) is 0 Å². The lowest BCUT2D eigenvalue weighted by atomic mass is 10.1. The number of carbonyl (C=O) groups excluding carboxylic acids is 2. The topological polar surface area (TPSA) is 103 Å². The van der Waals surface area contributed by atoms with E-state index >= 15 is 0 Å². The van der Waals surface area contributed by atoms with Crippen LogP contribution < -0.4 is 16.4 Å². The van der Waals surface area contributed by atoms with Crippen molar-refractivity contribution in [3.05, 3.63) is 0 Å². The fourth-order valence-corrected chi connectivity index (χ4v) is 1.60. The van der Waals surface area contributed by atoms with Gasteiger partial charge in [0.2, 0.25) is 0 Å². The molecular weight excluding hydrogens is 298 g/mol. The number of ether oxygens (including phenoxy) is 2. The molecule has 0 aliphatic heterocycles. The SMILES string of the molecule is CC(C)(C)OC(=O)NCCCNCCC(N)C(=O)OC(C)(C)C. The Morgan fingerprint density at radius 2 is 1.52 bits per heavy atom. The van der Waals surface area contributed by atoms with Gasteiger partial charge in [0.05, 0.1) is 0 Å². The molecule has 0 aromatic rings. The Labute approximate surface area is 139 Å². The van der Waals surface area contributed by atoms with Crippen LogP contribution in [0, 0.1) is 0 Å². The van der Waals surface area contributed by atoms with Crippen molar-refractivity contribution in [2.45, 2.75) is 71.6 Å². The van der Waals surface area contributed by atoms with Gasteiger partial charge in [0.25, 0.3) is 0 Å². The van der Waals surface area contributed by atoms with Crippen molar-refractivity contribution in [2.24, 2.45) is 5.73 Å².